The summed E-state index contributed by atoms with van der Waals surface area (Å²) in [6.45, 7) is 2.85. The van der Waals surface area contributed by atoms with Crippen LogP contribution in [-0.2, 0) is 4.79 Å². The van der Waals surface area contributed by atoms with Gasteiger partial charge in [-0.05, 0) is 18.1 Å². The summed E-state index contributed by atoms with van der Waals surface area (Å²) in [5.74, 6) is 1.11. The minimum atomic E-state index is 0.0535. The van der Waals surface area contributed by atoms with Crippen LogP contribution < -0.4 is 5.32 Å². The SMILES string of the molecule is CCCNC(=O)C1CSc2ccccc21. The minimum absolute atomic E-state index is 0.0535. The molecule has 0 saturated heterocycles. The summed E-state index contributed by atoms with van der Waals surface area (Å²) in [7, 11) is 0. The summed E-state index contributed by atoms with van der Waals surface area (Å²) in [5, 5.41) is 2.96. The van der Waals surface area contributed by atoms with E-state index in [-0.39, 0.29) is 11.8 Å². The van der Waals surface area contributed by atoms with Crippen LogP contribution in [0.3, 0.4) is 0 Å². The van der Waals surface area contributed by atoms with E-state index in [2.05, 4.69) is 24.4 Å². The lowest BCUT2D eigenvalue weighted by Crippen LogP contribution is -2.29. The second-order valence-electron chi connectivity index (χ2n) is 3.69. The van der Waals surface area contributed by atoms with E-state index in [1.165, 1.54) is 10.5 Å². The van der Waals surface area contributed by atoms with Crippen molar-refractivity contribution in [3.63, 3.8) is 0 Å². The molecule has 1 unspecified atom stereocenters. The molecule has 1 aromatic carbocycles. The molecule has 1 aromatic rings. The van der Waals surface area contributed by atoms with E-state index < -0.39 is 0 Å². The number of amides is 1. The standard InChI is InChI=1S/C12H15NOS/c1-2-7-13-12(14)10-8-15-11-6-4-3-5-9(10)11/h3-6,10H,2,7-8H2,1H3,(H,13,14). The van der Waals surface area contributed by atoms with Crippen LogP contribution >= 0.6 is 11.8 Å². The van der Waals surface area contributed by atoms with Crippen molar-refractivity contribution in [2.24, 2.45) is 0 Å². The van der Waals surface area contributed by atoms with E-state index in [0.717, 1.165) is 18.7 Å². The minimum Gasteiger partial charge on any atom is -0.356 e. The number of fused-ring (bicyclic) bond motifs is 1. The van der Waals surface area contributed by atoms with Crippen LogP contribution in [0.25, 0.3) is 0 Å². The fraction of sp³-hybridized carbons (Fsp3) is 0.417. The molecule has 15 heavy (non-hydrogen) atoms. The van der Waals surface area contributed by atoms with E-state index in [1.54, 1.807) is 11.8 Å². The first-order valence-electron chi connectivity index (χ1n) is 5.32. The first-order chi connectivity index (χ1) is 7.33. The molecule has 80 valence electrons. The quantitative estimate of drug-likeness (QED) is 0.849. The molecule has 3 heteroatoms. The second kappa shape index (κ2) is 4.71. The number of thioether (sulfide) groups is 1. The molecule has 1 amide bonds. The largest absolute Gasteiger partial charge is 0.356 e. The van der Waals surface area contributed by atoms with Crippen LogP contribution in [0.4, 0.5) is 0 Å². The van der Waals surface area contributed by atoms with Crippen molar-refractivity contribution in [1.82, 2.24) is 5.32 Å². The number of carbonyl (C=O) groups is 1. The summed E-state index contributed by atoms with van der Waals surface area (Å²) in [6.07, 6.45) is 0.993. The van der Waals surface area contributed by atoms with E-state index >= 15 is 0 Å². The maximum atomic E-state index is 11.8. The van der Waals surface area contributed by atoms with Gasteiger partial charge in [0.15, 0.2) is 0 Å². The molecule has 0 radical (unpaired) electrons. The van der Waals surface area contributed by atoms with Gasteiger partial charge in [-0.1, -0.05) is 25.1 Å². The van der Waals surface area contributed by atoms with Crippen LogP contribution in [0.15, 0.2) is 29.2 Å². The monoisotopic (exact) mass is 221 g/mol. The first kappa shape index (κ1) is 10.6. The van der Waals surface area contributed by atoms with Gasteiger partial charge in [0.25, 0.3) is 0 Å². The topological polar surface area (TPSA) is 29.1 Å². The number of hydrogen-bond acceptors (Lipinski definition) is 2. The predicted molar refractivity (Wildman–Crippen MR) is 63.2 cm³/mol. The molecule has 1 atom stereocenters. The summed E-state index contributed by atoms with van der Waals surface area (Å²) in [5.41, 5.74) is 1.19. The van der Waals surface area contributed by atoms with Crippen LogP contribution in [0, 0.1) is 0 Å². The van der Waals surface area contributed by atoms with Crippen molar-refractivity contribution in [2.75, 3.05) is 12.3 Å². The van der Waals surface area contributed by atoms with Crippen molar-refractivity contribution in [1.29, 1.82) is 0 Å². The smallest absolute Gasteiger partial charge is 0.228 e. The number of hydrogen-bond donors (Lipinski definition) is 1. The molecule has 0 aromatic heterocycles. The highest BCUT2D eigenvalue weighted by Gasteiger charge is 2.28. The Hall–Kier alpha value is -0.960. The number of nitrogens with one attached hydrogen (secondary N) is 1. The van der Waals surface area contributed by atoms with Crippen molar-refractivity contribution in [3.05, 3.63) is 29.8 Å². The van der Waals surface area contributed by atoms with Gasteiger partial charge in [0.1, 0.15) is 0 Å². The van der Waals surface area contributed by atoms with Crippen molar-refractivity contribution >= 4 is 17.7 Å². The second-order valence-corrected chi connectivity index (χ2v) is 4.75. The lowest BCUT2D eigenvalue weighted by molar-refractivity contribution is -0.122. The maximum Gasteiger partial charge on any atom is 0.228 e. The molecular formula is C12H15NOS. The van der Waals surface area contributed by atoms with E-state index in [9.17, 15) is 4.79 Å². The van der Waals surface area contributed by atoms with Gasteiger partial charge in [0.05, 0.1) is 5.92 Å². The average Bonchev–Trinajstić information content (AvgIpc) is 2.69. The Balaban J connectivity index is 2.10. The predicted octanol–water partition coefficient (Wildman–Crippen LogP) is 2.40. The highest BCUT2D eigenvalue weighted by atomic mass is 32.2. The fourth-order valence-corrected chi connectivity index (χ4v) is 2.98. The van der Waals surface area contributed by atoms with Crippen LogP contribution in [0.2, 0.25) is 0 Å². The lowest BCUT2D eigenvalue weighted by Gasteiger charge is -2.10. The molecule has 2 rings (SSSR count). The lowest BCUT2D eigenvalue weighted by atomic mass is 10.0. The van der Waals surface area contributed by atoms with Crippen LogP contribution in [0.5, 0.6) is 0 Å². The number of benzene rings is 1. The molecule has 1 N–H and O–H groups in total. The average molecular weight is 221 g/mol. The van der Waals surface area contributed by atoms with Gasteiger partial charge in [-0.3, -0.25) is 4.79 Å². The fourth-order valence-electron chi connectivity index (χ4n) is 1.75. The molecule has 1 aliphatic rings. The first-order valence-corrected chi connectivity index (χ1v) is 6.31. The Morgan fingerprint density at radius 2 is 2.33 bits per heavy atom. The third kappa shape index (κ3) is 2.17. The Bertz CT molecular complexity index is 364. The summed E-state index contributed by atoms with van der Waals surface area (Å²) in [6, 6.07) is 8.18. The van der Waals surface area contributed by atoms with Crippen molar-refractivity contribution < 1.29 is 4.79 Å². The van der Waals surface area contributed by atoms with Crippen molar-refractivity contribution in [2.45, 2.75) is 24.2 Å². The Morgan fingerprint density at radius 3 is 3.13 bits per heavy atom. The van der Waals surface area contributed by atoms with E-state index in [0.29, 0.717) is 0 Å². The molecule has 2 nitrogen and oxygen atoms in total. The molecule has 0 aliphatic carbocycles. The third-order valence-corrected chi connectivity index (χ3v) is 3.75. The molecule has 0 saturated carbocycles. The number of rotatable bonds is 3. The van der Waals surface area contributed by atoms with E-state index in [4.69, 9.17) is 0 Å². The van der Waals surface area contributed by atoms with Gasteiger partial charge in [-0.15, -0.1) is 11.8 Å². The number of carbonyl (C=O) groups excluding carboxylic acids is 1. The summed E-state index contributed by atoms with van der Waals surface area (Å²) >= 11 is 1.78. The third-order valence-electron chi connectivity index (χ3n) is 2.57. The normalized spacial score (nSPS) is 18.6. The van der Waals surface area contributed by atoms with Gasteiger partial charge in [0, 0.05) is 17.2 Å². The Kier molecular flexibility index (Phi) is 3.31. The maximum absolute atomic E-state index is 11.8. The molecule has 0 spiro atoms. The molecule has 1 heterocycles. The molecule has 1 aliphatic heterocycles. The summed E-state index contributed by atoms with van der Waals surface area (Å²) in [4.78, 5) is 13.1. The van der Waals surface area contributed by atoms with Gasteiger partial charge < -0.3 is 5.32 Å². The molecule has 0 bridgehead atoms. The molecular weight excluding hydrogens is 206 g/mol. The van der Waals surface area contributed by atoms with Gasteiger partial charge in [0.2, 0.25) is 5.91 Å². The highest BCUT2D eigenvalue weighted by Crippen LogP contribution is 2.39. The Morgan fingerprint density at radius 1 is 1.53 bits per heavy atom. The zero-order valence-electron chi connectivity index (χ0n) is 8.82. The zero-order valence-corrected chi connectivity index (χ0v) is 9.64. The van der Waals surface area contributed by atoms with Gasteiger partial charge in [-0.25, -0.2) is 0 Å². The summed E-state index contributed by atoms with van der Waals surface area (Å²) < 4.78 is 0. The molecule has 0 fully saturated rings. The Labute approximate surface area is 94.4 Å². The van der Waals surface area contributed by atoms with Crippen LogP contribution in [0.1, 0.15) is 24.8 Å². The van der Waals surface area contributed by atoms with Crippen molar-refractivity contribution in [3.8, 4) is 0 Å². The van der Waals surface area contributed by atoms with Gasteiger partial charge >= 0.3 is 0 Å². The van der Waals surface area contributed by atoms with Crippen LogP contribution in [-0.4, -0.2) is 18.2 Å². The van der Waals surface area contributed by atoms with Gasteiger partial charge in [-0.2, -0.15) is 0 Å². The van der Waals surface area contributed by atoms with E-state index in [1.807, 2.05) is 12.1 Å². The zero-order chi connectivity index (χ0) is 10.7. The highest BCUT2D eigenvalue weighted by molar-refractivity contribution is 7.99.